The van der Waals surface area contributed by atoms with Gasteiger partial charge in [0.2, 0.25) is 0 Å². The third kappa shape index (κ3) is 2.76. The van der Waals surface area contributed by atoms with Crippen molar-refractivity contribution in [3.05, 3.63) is 63.6 Å². The van der Waals surface area contributed by atoms with Crippen LogP contribution < -0.4 is 4.74 Å². The monoisotopic (exact) mass is 362 g/mol. The Hall–Kier alpha value is -1.71. The molecular formula is C19H16Cl2O3. The highest BCUT2D eigenvalue weighted by molar-refractivity contribution is 6.31. The predicted molar refractivity (Wildman–Crippen MR) is 93.2 cm³/mol. The van der Waals surface area contributed by atoms with Gasteiger partial charge in [-0.2, -0.15) is 0 Å². The van der Waals surface area contributed by atoms with Gasteiger partial charge in [-0.1, -0.05) is 41.4 Å². The molecule has 0 bridgehead atoms. The van der Waals surface area contributed by atoms with E-state index >= 15 is 0 Å². The number of aliphatic carboxylic acids is 1. The molecule has 24 heavy (non-hydrogen) atoms. The van der Waals surface area contributed by atoms with Crippen LogP contribution >= 0.6 is 23.2 Å². The summed E-state index contributed by atoms with van der Waals surface area (Å²) in [5, 5.41) is 10.6. The van der Waals surface area contributed by atoms with Gasteiger partial charge in [0.05, 0.1) is 6.42 Å². The molecule has 1 fully saturated rings. The summed E-state index contributed by atoms with van der Waals surface area (Å²) in [6.07, 6.45) is 1.69. The molecule has 4 rings (SSSR count). The number of fused-ring (bicyclic) bond motifs is 3. The Morgan fingerprint density at radius 2 is 1.92 bits per heavy atom. The van der Waals surface area contributed by atoms with Gasteiger partial charge in [-0.25, -0.2) is 0 Å². The molecule has 1 aliphatic carbocycles. The van der Waals surface area contributed by atoms with E-state index in [-0.39, 0.29) is 17.9 Å². The first-order valence-corrected chi connectivity index (χ1v) is 8.68. The number of ether oxygens (including phenoxy) is 1. The highest BCUT2D eigenvalue weighted by Crippen LogP contribution is 2.65. The minimum absolute atomic E-state index is 0.0799. The van der Waals surface area contributed by atoms with Crippen molar-refractivity contribution in [1.82, 2.24) is 0 Å². The van der Waals surface area contributed by atoms with E-state index in [9.17, 15) is 9.90 Å². The first-order valence-electron chi connectivity index (χ1n) is 7.92. The van der Waals surface area contributed by atoms with Gasteiger partial charge in [-0.3, -0.25) is 4.79 Å². The van der Waals surface area contributed by atoms with Crippen LogP contribution in [0.3, 0.4) is 0 Å². The van der Waals surface area contributed by atoms with Crippen molar-refractivity contribution in [2.45, 2.75) is 36.7 Å². The summed E-state index contributed by atoms with van der Waals surface area (Å²) in [7, 11) is 0. The second-order valence-corrected chi connectivity index (χ2v) is 7.53. The van der Waals surface area contributed by atoms with Gasteiger partial charge in [0, 0.05) is 21.5 Å². The molecular weight excluding hydrogens is 347 g/mol. The molecule has 1 N–H and O–H groups in total. The van der Waals surface area contributed by atoms with E-state index in [2.05, 4.69) is 0 Å². The molecule has 2 aliphatic rings. The summed E-state index contributed by atoms with van der Waals surface area (Å²) in [4.78, 5) is 11.3. The molecule has 0 saturated heterocycles. The molecule has 1 heterocycles. The fraction of sp³-hybridized carbons (Fsp3) is 0.316. The molecule has 5 heteroatoms. The maximum Gasteiger partial charge on any atom is 0.303 e. The summed E-state index contributed by atoms with van der Waals surface area (Å²) >= 11 is 12.0. The SMILES string of the molecule is O=C(O)CC(CC12CC1c1ccc(Cl)cc1O2)c1ccc(Cl)cc1. The Kier molecular flexibility index (Phi) is 3.74. The first-order chi connectivity index (χ1) is 11.5. The molecule has 3 atom stereocenters. The smallest absolute Gasteiger partial charge is 0.303 e. The number of rotatable bonds is 5. The van der Waals surface area contributed by atoms with E-state index in [1.807, 2.05) is 30.3 Å². The van der Waals surface area contributed by atoms with Crippen molar-refractivity contribution in [2.24, 2.45) is 0 Å². The number of carboxylic acids is 1. The van der Waals surface area contributed by atoms with E-state index in [0.29, 0.717) is 22.4 Å². The lowest BCUT2D eigenvalue weighted by atomic mass is 9.88. The zero-order chi connectivity index (χ0) is 16.9. The second-order valence-electron chi connectivity index (χ2n) is 6.66. The lowest BCUT2D eigenvalue weighted by molar-refractivity contribution is -0.137. The standard InChI is InChI=1S/C19H16Cl2O3/c20-13-3-1-11(2-4-13)12(7-18(22)23)9-19-10-16(19)15-6-5-14(21)8-17(15)24-19/h1-6,8,12,16H,7,9-10H2,(H,22,23). The molecule has 0 amide bonds. The number of benzene rings is 2. The number of carbonyl (C=O) groups is 1. The van der Waals surface area contributed by atoms with E-state index in [1.165, 1.54) is 5.56 Å². The van der Waals surface area contributed by atoms with E-state index < -0.39 is 5.97 Å². The van der Waals surface area contributed by atoms with Gasteiger partial charge in [0.15, 0.2) is 0 Å². The van der Waals surface area contributed by atoms with Gasteiger partial charge in [-0.05, 0) is 48.6 Å². The average molecular weight is 363 g/mol. The van der Waals surface area contributed by atoms with Crippen LogP contribution in [0.2, 0.25) is 10.0 Å². The minimum atomic E-state index is -0.804. The van der Waals surface area contributed by atoms with Crippen LogP contribution in [-0.4, -0.2) is 16.7 Å². The van der Waals surface area contributed by atoms with E-state index in [4.69, 9.17) is 27.9 Å². The highest BCUT2D eigenvalue weighted by atomic mass is 35.5. The molecule has 0 aromatic heterocycles. The Morgan fingerprint density at radius 1 is 1.21 bits per heavy atom. The van der Waals surface area contributed by atoms with Gasteiger partial charge in [0.1, 0.15) is 11.4 Å². The van der Waals surface area contributed by atoms with Crippen LogP contribution in [0.25, 0.3) is 0 Å². The molecule has 3 unspecified atom stereocenters. The Bertz CT molecular complexity index is 803. The Morgan fingerprint density at radius 3 is 2.62 bits per heavy atom. The van der Waals surface area contributed by atoms with Crippen LogP contribution in [0.4, 0.5) is 0 Å². The lowest BCUT2D eigenvalue weighted by Crippen LogP contribution is -2.22. The van der Waals surface area contributed by atoms with Crippen LogP contribution in [0.15, 0.2) is 42.5 Å². The van der Waals surface area contributed by atoms with Crippen molar-refractivity contribution in [3.63, 3.8) is 0 Å². The summed E-state index contributed by atoms with van der Waals surface area (Å²) in [6.45, 7) is 0. The normalized spacial score (nSPS) is 24.7. The first kappa shape index (κ1) is 15.8. The summed E-state index contributed by atoms with van der Waals surface area (Å²) in [5.74, 6) is 0.272. The highest BCUT2D eigenvalue weighted by Gasteiger charge is 2.63. The fourth-order valence-corrected chi connectivity index (χ4v) is 4.12. The van der Waals surface area contributed by atoms with Crippen molar-refractivity contribution in [2.75, 3.05) is 0 Å². The maximum absolute atomic E-state index is 11.3. The zero-order valence-corrected chi connectivity index (χ0v) is 14.3. The molecule has 1 saturated carbocycles. The summed E-state index contributed by atoms with van der Waals surface area (Å²) < 4.78 is 6.20. The van der Waals surface area contributed by atoms with Crippen molar-refractivity contribution in [1.29, 1.82) is 0 Å². The molecule has 1 aliphatic heterocycles. The van der Waals surface area contributed by atoms with Gasteiger partial charge in [-0.15, -0.1) is 0 Å². The molecule has 124 valence electrons. The molecule has 2 aromatic carbocycles. The van der Waals surface area contributed by atoms with Crippen LogP contribution in [0.1, 0.15) is 42.2 Å². The van der Waals surface area contributed by atoms with Crippen molar-refractivity contribution < 1.29 is 14.6 Å². The molecule has 2 aromatic rings. The maximum atomic E-state index is 11.3. The van der Waals surface area contributed by atoms with Gasteiger partial charge < -0.3 is 9.84 Å². The van der Waals surface area contributed by atoms with E-state index in [0.717, 1.165) is 17.7 Å². The van der Waals surface area contributed by atoms with Crippen LogP contribution in [0, 0.1) is 0 Å². The lowest BCUT2D eigenvalue weighted by Gasteiger charge is -2.22. The number of halogens is 2. The molecule has 3 nitrogen and oxygen atoms in total. The quantitative estimate of drug-likeness (QED) is 0.788. The van der Waals surface area contributed by atoms with Crippen molar-refractivity contribution >= 4 is 29.2 Å². The minimum Gasteiger partial charge on any atom is -0.486 e. The van der Waals surface area contributed by atoms with Crippen LogP contribution in [-0.2, 0) is 4.79 Å². The molecule has 0 spiro atoms. The predicted octanol–water partition coefficient (Wildman–Crippen LogP) is 5.26. The van der Waals surface area contributed by atoms with E-state index in [1.54, 1.807) is 12.1 Å². The topological polar surface area (TPSA) is 46.5 Å². The van der Waals surface area contributed by atoms with Crippen LogP contribution in [0.5, 0.6) is 5.75 Å². The largest absolute Gasteiger partial charge is 0.486 e. The second kappa shape index (κ2) is 5.68. The average Bonchev–Trinajstić information content (AvgIpc) is 3.12. The summed E-state index contributed by atoms with van der Waals surface area (Å²) in [6, 6.07) is 13.2. The Balaban J connectivity index is 1.58. The van der Waals surface area contributed by atoms with Gasteiger partial charge in [0.25, 0.3) is 0 Å². The fourth-order valence-electron chi connectivity index (χ4n) is 3.83. The van der Waals surface area contributed by atoms with Gasteiger partial charge >= 0.3 is 5.97 Å². The number of hydrogen-bond donors (Lipinski definition) is 1. The van der Waals surface area contributed by atoms with Crippen molar-refractivity contribution in [3.8, 4) is 5.75 Å². The molecule has 0 radical (unpaired) electrons. The third-order valence-corrected chi connectivity index (χ3v) is 5.53. The third-order valence-electron chi connectivity index (χ3n) is 5.04. The zero-order valence-electron chi connectivity index (χ0n) is 12.8. The number of carboxylic acid groups (broad SMARTS) is 1. The Labute approximate surface area is 150 Å². The summed E-state index contributed by atoms with van der Waals surface area (Å²) in [5.41, 5.74) is 1.89. The number of hydrogen-bond acceptors (Lipinski definition) is 2.